The zero-order chi connectivity index (χ0) is 14.9. The summed E-state index contributed by atoms with van der Waals surface area (Å²) in [6.45, 7) is 5.01. The molecule has 1 N–H and O–H groups in total. The number of carboxylic acids is 1. The minimum atomic E-state index is -0.967. The normalized spacial score (nSPS) is 20.1. The molecule has 1 aromatic rings. The van der Waals surface area contributed by atoms with Crippen molar-refractivity contribution in [1.29, 1.82) is 0 Å². The molecule has 5 nitrogen and oxygen atoms in total. The lowest BCUT2D eigenvalue weighted by atomic mass is 10.0. The van der Waals surface area contributed by atoms with E-state index in [1.807, 2.05) is 0 Å². The first-order valence-corrected chi connectivity index (χ1v) is 7.06. The number of hydrogen-bond donors (Lipinski definition) is 1. The van der Waals surface area contributed by atoms with Crippen LogP contribution in [0.25, 0.3) is 0 Å². The Morgan fingerprint density at radius 2 is 2.10 bits per heavy atom. The largest absolute Gasteiger partial charge is 0.478 e. The number of hydrogen-bond acceptors (Lipinski definition) is 3. The van der Waals surface area contributed by atoms with Crippen molar-refractivity contribution in [3.8, 4) is 0 Å². The molecule has 0 spiro atoms. The summed E-state index contributed by atoms with van der Waals surface area (Å²) in [6, 6.07) is 1.74. The number of aromatic nitrogens is 1. The van der Waals surface area contributed by atoms with Gasteiger partial charge in [-0.3, -0.25) is 4.79 Å². The third-order valence-corrected chi connectivity index (χ3v) is 4.30. The van der Waals surface area contributed by atoms with E-state index in [0.717, 1.165) is 13.0 Å². The maximum Gasteiger partial charge on any atom is 0.337 e. The maximum atomic E-state index is 12.2. The number of nitrogens with zero attached hydrogens (tertiary/aromatic N) is 2. The van der Waals surface area contributed by atoms with Crippen LogP contribution in [0.15, 0.2) is 10.9 Å². The Hall–Kier alpha value is -1.62. The van der Waals surface area contributed by atoms with Gasteiger partial charge in [0.15, 0.2) is 0 Å². The average Bonchev–Trinajstić information content (AvgIpc) is 2.35. The summed E-state index contributed by atoms with van der Waals surface area (Å²) in [7, 11) is 2.07. The highest BCUT2D eigenvalue weighted by Gasteiger charge is 2.22. The van der Waals surface area contributed by atoms with Gasteiger partial charge >= 0.3 is 5.97 Å². The molecule has 0 radical (unpaired) electrons. The molecule has 1 aromatic heterocycles. The molecule has 5 heteroatoms. The topological polar surface area (TPSA) is 62.5 Å². The molecule has 1 atom stereocenters. The van der Waals surface area contributed by atoms with Crippen molar-refractivity contribution in [3.05, 3.63) is 33.2 Å². The van der Waals surface area contributed by atoms with Gasteiger partial charge in [-0.25, -0.2) is 4.79 Å². The Labute approximate surface area is 118 Å². The molecule has 1 unspecified atom stereocenters. The van der Waals surface area contributed by atoms with Gasteiger partial charge in [-0.05, 0) is 45.8 Å². The second kappa shape index (κ2) is 5.79. The molecule has 20 heavy (non-hydrogen) atoms. The Balaban J connectivity index is 2.38. The molecule has 0 bridgehead atoms. The predicted octanol–water partition coefficient (Wildman–Crippen LogP) is 1.65. The number of carbonyl (C=O) groups is 1. The van der Waals surface area contributed by atoms with Crippen LogP contribution < -0.4 is 5.56 Å². The molecule has 1 aliphatic heterocycles. The summed E-state index contributed by atoms with van der Waals surface area (Å²) in [5.41, 5.74) is 1.24. The van der Waals surface area contributed by atoms with Crippen molar-refractivity contribution in [1.82, 2.24) is 9.47 Å². The number of likely N-dealkylation sites (N-methyl/N-ethyl adjacent to an activating group) is 1. The van der Waals surface area contributed by atoms with Crippen LogP contribution in [0.1, 0.15) is 40.9 Å². The maximum absolute atomic E-state index is 12.2. The van der Waals surface area contributed by atoms with Gasteiger partial charge in [0, 0.05) is 24.3 Å². The quantitative estimate of drug-likeness (QED) is 0.913. The lowest BCUT2D eigenvalue weighted by molar-refractivity contribution is 0.0693. The van der Waals surface area contributed by atoms with Crippen LogP contribution >= 0.6 is 0 Å². The number of rotatable bonds is 3. The van der Waals surface area contributed by atoms with Gasteiger partial charge in [0.1, 0.15) is 0 Å². The molecular weight excluding hydrogens is 256 g/mol. The zero-order valence-corrected chi connectivity index (χ0v) is 12.3. The molecule has 0 saturated carbocycles. The zero-order valence-electron chi connectivity index (χ0n) is 12.3. The summed E-state index contributed by atoms with van der Waals surface area (Å²) in [5, 5.41) is 9.29. The van der Waals surface area contributed by atoms with Crippen molar-refractivity contribution in [3.63, 3.8) is 0 Å². The summed E-state index contributed by atoms with van der Waals surface area (Å²) >= 11 is 0. The molecule has 110 valence electrons. The van der Waals surface area contributed by atoms with Crippen LogP contribution in [0, 0.1) is 13.8 Å². The van der Waals surface area contributed by atoms with Crippen LogP contribution in [-0.4, -0.2) is 40.2 Å². The van der Waals surface area contributed by atoms with Gasteiger partial charge in [-0.1, -0.05) is 6.42 Å². The van der Waals surface area contributed by atoms with Gasteiger partial charge < -0.3 is 14.6 Å². The second-order valence-corrected chi connectivity index (χ2v) is 5.67. The highest BCUT2D eigenvalue weighted by atomic mass is 16.4. The van der Waals surface area contributed by atoms with Crippen molar-refractivity contribution >= 4 is 5.97 Å². The first-order chi connectivity index (χ1) is 9.41. The van der Waals surface area contributed by atoms with Crippen molar-refractivity contribution in [2.45, 2.75) is 45.7 Å². The summed E-state index contributed by atoms with van der Waals surface area (Å²) in [5.74, 6) is -0.967. The van der Waals surface area contributed by atoms with Crippen LogP contribution in [0.4, 0.5) is 0 Å². The minimum Gasteiger partial charge on any atom is -0.478 e. The van der Waals surface area contributed by atoms with Gasteiger partial charge in [-0.2, -0.15) is 0 Å². The van der Waals surface area contributed by atoms with E-state index in [2.05, 4.69) is 11.9 Å². The molecule has 1 saturated heterocycles. The van der Waals surface area contributed by atoms with Crippen molar-refractivity contribution in [2.24, 2.45) is 0 Å². The highest BCUT2D eigenvalue weighted by molar-refractivity contribution is 5.90. The van der Waals surface area contributed by atoms with Crippen molar-refractivity contribution < 1.29 is 9.90 Å². The van der Waals surface area contributed by atoms with E-state index in [4.69, 9.17) is 0 Å². The number of piperidine rings is 1. The molecule has 1 aliphatic rings. The third-order valence-electron chi connectivity index (χ3n) is 4.30. The van der Waals surface area contributed by atoms with E-state index in [-0.39, 0.29) is 11.1 Å². The molecule has 2 rings (SSSR count). The second-order valence-electron chi connectivity index (χ2n) is 5.67. The van der Waals surface area contributed by atoms with E-state index >= 15 is 0 Å². The third kappa shape index (κ3) is 2.77. The molecule has 2 heterocycles. The first kappa shape index (κ1) is 14.8. The van der Waals surface area contributed by atoms with Gasteiger partial charge in [0.2, 0.25) is 0 Å². The molecule has 1 fully saturated rings. The van der Waals surface area contributed by atoms with Crippen LogP contribution in [0.2, 0.25) is 0 Å². The van der Waals surface area contributed by atoms with Gasteiger partial charge in [-0.15, -0.1) is 0 Å². The summed E-state index contributed by atoms with van der Waals surface area (Å²) < 4.78 is 1.61. The summed E-state index contributed by atoms with van der Waals surface area (Å²) in [4.78, 5) is 25.8. The van der Waals surface area contributed by atoms with E-state index in [0.29, 0.717) is 23.8 Å². The smallest absolute Gasteiger partial charge is 0.337 e. The minimum absolute atomic E-state index is 0.107. The predicted molar refractivity (Wildman–Crippen MR) is 77.4 cm³/mol. The van der Waals surface area contributed by atoms with E-state index < -0.39 is 5.97 Å². The molecular formula is C15H22N2O3. The first-order valence-electron chi connectivity index (χ1n) is 7.06. The average molecular weight is 278 g/mol. The van der Waals surface area contributed by atoms with E-state index in [9.17, 15) is 14.7 Å². The van der Waals surface area contributed by atoms with Crippen LogP contribution in [0.3, 0.4) is 0 Å². The van der Waals surface area contributed by atoms with Crippen LogP contribution in [0.5, 0.6) is 0 Å². The standard InChI is InChI=1S/C15H22N2O3/c1-10-8-13(18)17(11(2)14(10)15(19)20)9-12-6-4-5-7-16(12)3/h8,12H,4-7,9H2,1-3H3,(H,19,20). The molecule has 0 aliphatic carbocycles. The summed E-state index contributed by atoms with van der Waals surface area (Å²) in [6.07, 6.45) is 3.41. The fourth-order valence-electron chi connectivity index (χ4n) is 3.06. The van der Waals surface area contributed by atoms with Crippen LogP contribution in [-0.2, 0) is 6.54 Å². The Morgan fingerprint density at radius 1 is 1.40 bits per heavy atom. The SMILES string of the molecule is Cc1cc(=O)n(CC2CCCCN2C)c(C)c1C(=O)O. The number of aryl methyl sites for hydroxylation is 1. The number of carboxylic acid groups (broad SMARTS) is 1. The molecule has 0 amide bonds. The van der Waals surface area contributed by atoms with E-state index in [1.54, 1.807) is 18.4 Å². The number of pyridine rings is 1. The van der Waals surface area contributed by atoms with Gasteiger partial charge in [0.05, 0.1) is 5.56 Å². The monoisotopic (exact) mass is 278 g/mol. The van der Waals surface area contributed by atoms with Gasteiger partial charge in [0.25, 0.3) is 5.56 Å². The lowest BCUT2D eigenvalue weighted by Gasteiger charge is -2.33. The lowest BCUT2D eigenvalue weighted by Crippen LogP contribution is -2.42. The van der Waals surface area contributed by atoms with E-state index in [1.165, 1.54) is 18.9 Å². The van der Waals surface area contributed by atoms with Crippen molar-refractivity contribution in [2.75, 3.05) is 13.6 Å². The Kier molecular flexibility index (Phi) is 4.28. The Morgan fingerprint density at radius 3 is 2.70 bits per heavy atom. The Bertz CT molecular complexity index is 577. The fourth-order valence-corrected chi connectivity index (χ4v) is 3.06. The fraction of sp³-hybridized carbons (Fsp3) is 0.600. The number of aromatic carboxylic acids is 1. The molecule has 0 aromatic carbocycles. The highest BCUT2D eigenvalue weighted by Crippen LogP contribution is 2.18. The number of likely N-dealkylation sites (tertiary alicyclic amines) is 1.